The lowest BCUT2D eigenvalue weighted by molar-refractivity contribution is 0.601. The van der Waals surface area contributed by atoms with E-state index >= 15 is 0 Å². The average Bonchev–Trinajstić information content (AvgIpc) is 2.62. The molecule has 0 aliphatic heterocycles. The molecule has 26 heavy (non-hydrogen) atoms. The molecule has 0 amide bonds. The fourth-order valence-electron chi connectivity index (χ4n) is 2.66. The smallest absolute Gasteiger partial charge is 0.261 e. The Bertz CT molecular complexity index is 997. The van der Waals surface area contributed by atoms with Gasteiger partial charge < -0.3 is 5.32 Å². The minimum Gasteiger partial charge on any atom is -0.381 e. The van der Waals surface area contributed by atoms with Crippen LogP contribution in [0.2, 0.25) is 0 Å². The number of nitrogens with one attached hydrogen (secondary N) is 2. The minimum atomic E-state index is -3.58. The van der Waals surface area contributed by atoms with Gasteiger partial charge in [-0.1, -0.05) is 36.4 Å². The zero-order valence-electron chi connectivity index (χ0n) is 14.9. The van der Waals surface area contributed by atoms with Crippen molar-refractivity contribution in [1.29, 1.82) is 0 Å². The van der Waals surface area contributed by atoms with Crippen LogP contribution < -0.4 is 10.0 Å². The van der Waals surface area contributed by atoms with Gasteiger partial charge in [0, 0.05) is 17.9 Å². The van der Waals surface area contributed by atoms with Crippen molar-refractivity contribution in [3.63, 3.8) is 0 Å². The first-order chi connectivity index (χ1) is 12.4. The highest BCUT2D eigenvalue weighted by molar-refractivity contribution is 7.92. The topological polar surface area (TPSA) is 58.2 Å². The summed E-state index contributed by atoms with van der Waals surface area (Å²) in [4.78, 5) is 0.263. The normalized spacial score (nSPS) is 11.2. The van der Waals surface area contributed by atoms with Crippen LogP contribution >= 0.6 is 0 Å². The molecule has 4 nitrogen and oxygen atoms in total. The molecule has 0 aromatic heterocycles. The van der Waals surface area contributed by atoms with Crippen LogP contribution in [-0.4, -0.2) is 8.42 Å². The van der Waals surface area contributed by atoms with Gasteiger partial charge in [-0.25, -0.2) is 8.42 Å². The van der Waals surface area contributed by atoms with E-state index in [0.717, 1.165) is 17.8 Å². The lowest BCUT2D eigenvalue weighted by Crippen LogP contribution is -2.13. The fraction of sp³-hybridized carbons (Fsp3) is 0.143. The van der Waals surface area contributed by atoms with Gasteiger partial charge in [-0.3, -0.25) is 4.72 Å². The molecule has 0 saturated heterocycles. The standard InChI is InChI=1S/C21H22N2O2S/c1-16-6-5-9-21(14-16)26(24,25)23-20-12-10-19(11-13-20)22-15-18-8-4-3-7-17(18)2/h3-14,22-23H,15H2,1-2H3. The van der Waals surface area contributed by atoms with Crippen molar-refractivity contribution in [2.75, 3.05) is 10.0 Å². The SMILES string of the molecule is Cc1cccc(S(=O)(=O)Nc2ccc(NCc3ccccc3C)cc2)c1. The van der Waals surface area contributed by atoms with Gasteiger partial charge in [0.15, 0.2) is 0 Å². The molecule has 5 heteroatoms. The van der Waals surface area contributed by atoms with Gasteiger partial charge in [0.2, 0.25) is 0 Å². The molecule has 0 unspecified atom stereocenters. The number of sulfonamides is 1. The van der Waals surface area contributed by atoms with Gasteiger partial charge in [-0.2, -0.15) is 0 Å². The second kappa shape index (κ2) is 7.62. The lowest BCUT2D eigenvalue weighted by atomic mass is 10.1. The van der Waals surface area contributed by atoms with Crippen molar-refractivity contribution in [3.05, 3.63) is 89.5 Å². The quantitative estimate of drug-likeness (QED) is 0.664. The molecule has 3 aromatic rings. The predicted molar refractivity (Wildman–Crippen MR) is 107 cm³/mol. The monoisotopic (exact) mass is 366 g/mol. The zero-order chi connectivity index (χ0) is 18.6. The summed E-state index contributed by atoms with van der Waals surface area (Å²) in [5, 5.41) is 3.35. The molecule has 0 spiro atoms. The minimum absolute atomic E-state index is 0.263. The maximum Gasteiger partial charge on any atom is 0.261 e. The molecule has 3 rings (SSSR count). The van der Waals surface area contributed by atoms with Crippen molar-refractivity contribution in [2.45, 2.75) is 25.3 Å². The maximum atomic E-state index is 12.5. The number of benzene rings is 3. The highest BCUT2D eigenvalue weighted by Crippen LogP contribution is 2.20. The Hall–Kier alpha value is -2.79. The third-order valence-electron chi connectivity index (χ3n) is 4.18. The van der Waals surface area contributed by atoms with Crippen LogP contribution in [0.4, 0.5) is 11.4 Å². The highest BCUT2D eigenvalue weighted by Gasteiger charge is 2.13. The van der Waals surface area contributed by atoms with Crippen LogP contribution in [0.15, 0.2) is 77.7 Å². The molecule has 0 fully saturated rings. The molecule has 0 aliphatic carbocycles. The van der Waals surface area contributed by atoms with Crippen molar-refractivity contribution >= 4 is 21.4 Å². The largest absolute Gasteiger partial charge is 0.381 e. The fourth-order valence-corrected chi connectivity index (χ4v) is 3.82. The summed E-state index contributed by atoms with van der Waals surface area (Å²) in [6, 6.07) is 22.3. The molecule has 0 radical (unpaired) electrons. The van der Waals surface area contributed by atoms with E-state index in [4.69, 9.17) is 0 Å². The first-order valence-corrected chi connectivity index (χ1v) is 9.90. The molecule has 3 aromatic carbocycles. The predicted octanol–water partition coefficient (Wildman–Crippen LogP) is 4.72. The van der Waals surface area contributed by atoms with Crippen LogP contribution in [0.1, 0.15) is 16.7 Å². The first kappa shape index (κ1) is 18.0. The first-order valence-electron chi connectivity index (χ1n) is 8.42. The Labute approximate surface area is 155 Å². The number of hydrogen-bond donors (Lipinski definition) is 2. The van der Waals surface area contributed by atoms with Gasteiger partial charge in [0.05, 0.1) is 4.90 Å². The van der Waals surface area contributed by atoms with Gasteiger partial charge >= 0.3 is 0 Å². The summed E-state index contributed by atoms with van der Waals surface area (Å²) in [6.45, 7) is 4.68. The zero-order valence-corrected chi connectivity index (χ0v) is 15.7. The van der Waals surface area contributed by atoms with E-state index < -0.39 is 10.0 Å². The van der Waals surface area contributed by atoms with E-state index in [-0.39, 0.29) is 4.90 Å². The number of rotatable bonds is 6. The Morgan fingerprint density at radius 1 is 0.808 bits per heavy atom. The Morgan fingerprint density at radius 3 is 2.19 bits per heavy atom. The van der Waals surface area contributed by atoms with E-state index in [9.17, 15) is 8.42 Å². The van der Waals surface area contributed by atoms with Gasteiger partial charge in [-0.05, 0) is 66.9 Å². The molecule has 0 bridgehead atoms. The summed E-state index contributed by atoms with van der Waals surface area (Å²) in [5.41, 5.74) is 4.85. The van der Waals surface area contributed by atoms with Gasteiger partial charge in [0.1, 0.15) is 0 Å². The van der Waals surface area contributed by atoms with Gasteiger partial charge in [0.25, 0.3) is 10.0 Å². The number of hydrogen-bond acceptors (Lipinski definition) is 3. The van der Waals surface area contributed by atoms with E-state index in [1.165, 1.54) is 11.1 Å². The van der Waals surface area contributed by atoms with Crippen LogP contribution in [0.5, 0.6) is 0 Å². The van der Waals surface area contributed by atoms with E-state index in [1.807, 2.05) is 37.3 Å². The molecular weight excluding hydrogens is 344 g/mol. The molecule has 2 N–H and O–H groups in total. The summed E-state index contributed by atoms with van der Waals surface area (Å²) < 4.78 is 27.5. The van der Waals surface area contributed by atoms with E-state index in [1.54, 1.807) is 30.3 Å². The van der Waals surface area contributed by atoms with Crippen LogP contribution in [0.3, 0.4) is 0 Å². The number of anilines is 2. The van der Waals surface area contributed by atoms with E-state index in [2.05, 4.69) is 29.1 Å². The molecule has 0 heterocycles. The summed E-state index contributed by atoms with van der Waals surface area (Å²) >= 11 is 0. The molecule has 0 saturated carbocycles. The van der Waals surface area contributed by atoms with Crippen molar-refractivity contribution < 1.29 is 8.42 Å². The third-order valence-corrected chi connectivity index (χ3v) is 5.56. The van der Waals surface area contributed by atoms with Crippen LogP contribution in [0, 0.1) is 13.8 Å². The Morgan fingerprint density at radius 2 is 1.50 bits per heavy atom. The van der Waals surface area contributed by atoms with Crippen molar-refractivity contribution in [3.8, 4) is 0 Å². The second-order valence-electron chi connectivity index (χ2n) is 6.28. The second-order valence-corrected chi connectivity index (χ2v) is 7.96. The van der Waals surface area contributed by atoms with Crippen LogP contribution in [0.25, 0.3) is 0 Å². The lowest BCUT2D eigenvalue weighted by Gasteiger charge is -2.11. The molecular formula is C21H22N2O2S. The molecule has 134 valence electrons. The maximum absolute atomic E-state index is 12.5. The third kappa shape index (κ3) is 4.43. The Balaban J connectivity index is 1.67. The van der Waals surface area contributed by atoms with E-state index in [0.29, 0.717) is 5.69 Å². The molecule has 0 aliphatic rings. The van der Waals surface area contributed by atoms with Crippen molar-refractivity contribution in [2.24, 2.45) is 0 Å². The summed E-state index contributed by atoms with van der Waals surface area (Å²) in [6.07, 6.45) is 0. The average molecular weight is 366 g/mol. The van der Waals surface area contributed by atoms with Crippen molar-refractivity contribution in [1.82, 2.24) is 0 Å². The number of aryl methyl sites for hydroxylation is 2. The Kier molecular flexibility index (Phi) is 5.28. The van der Waals surface area contributed by atoms with Gasteiger partial charge in [-0.15, -0.1) is 0 Å². The highest BCUT2D eigenvalue weighted by atomic mass is 32.2. The van der Waals surface area contributed by atoms with Crippen LogP contribution in [-0.2, 0) is 16.6 Å². The summed E-state index contributed by atoms with van der Waals surface area (Å²) in [7, 11) is -3.58. The summed E-state index contributed by atoms with van der Waals surface area (Å²) in [5.74, 6) is 0. The molecule has 0 atom stereocenters.